The first kappa shape index (κ1) is 11.5. The standard InChI is InChI=1S/C11H11BrN4O2/c12-10-9(11(17)18)13-7-3-4-8(14-16(7)10)15-5-1-2-6-15/h3-4H,1-2,5-6H2,(H,17,18). The van der Waals surface area contributed by atoms with Crippen LogP contribution in [0.5, 0.6) is 0 Å². The van der Waals surface area contributed by atoms with E-state index in [1.54, 1.807) is 6.07 Å². The molecule has 0 aromatic carbocycles. The van der Waals surface area contributed by atoms with E-state index in [0.29, 0.717) is 10.3 Å². The monoisotopic (exact) mass is 310 g/mol. The molecule has 94 valence electrons. The number of hydrogen-bond acceptors (Lipinski definition) is 4. The molecule has 6 nitrogen and oxygen atoms in total. The van der Waals surface area contributed by atoms with E-state index in [9.17, 15) is 4.79 Å². The third-order valence-electron chi connectivity index (χ3n) is 3.04. The van der Waals surface area contributed by atoms with Crippen LogP contribution in [0.25, 0.3) is 5.65 Å². The van der Waals surface area contributed by atoms with Crippen molar-refractivity contribution in [2.45, 2.75) is 12.8 Å². The Balaban J connectivity index is 2.10. The van der Waals surface area contributed by atoms with Crippen LogP contribution in [0.4, 0.5) is 5.82 Å². The van der Waals surface area contributed by atoms with E-state index >= 15 is 0 Å². The number of carboxylic acids is 1. The lowest BCUT2D eigenvalue weighted by atomic mass is 10.4. The number of rotatable bonds is 2. The number of imidazole rings is 1. The van der Waals surface area contributed by atoms with Gasteiger partial charge in [-0.2, -0.15) is 0 Å². The number of aromatic nitrogens is 3. The predicted octanol–water partition coefficient (Wildman–Crippen LogP) is 1.79. The summed E-state index contributed by atoms with van der Waals surface area (Å²) in [6.45, 7) is 1.99. The Hall–Kier alpha value is -1.63. The SMILES string of the molecule is O=C(O)c1nc2ccc(N3CCCC3)nn2c1Br. The molecule has 1 fully saturated rings. The van der Waals surface area contributed by atoms with Crippen molar-refractivity contribution in [2.24, 2.45) is 0 Å². The number of halogens is 1. The molecule has 0 spiro atoms. The quantitative estimate of drug-likeness (QED) is 0.915. The van der Waals surface area contributed by atoms with E-state index in [4.69, 9.17) is 5.11 Å². The molecule has 2 aromatic heterocycles. The van der Waals surface area contributed by atoms with E-state index in [1.807, 2.05) is 6.07 Å². The largest absolute Gasteiger partial charge is 0.476 e. The normalized spacial score (nSPS) is 15.5. The fourth-order valence-electron chi connectivity index (χ4n) is 2.15. The summed E-state index contributed by atoms with van der Waals surface area (Å²) in [5.74, 6) is -0.204. The van der Waals surface area contributed by atoms with Gasteiger partial charge in [-0.05, 0) is 40.9 Å². The minimum atomic E-state index is -1.06. The van der Waals surface area contributed by atoms with E-state index in [1.165, 1.54) is 17.4 Å². The van der Waals surface area contributed by atoms with Gasteiger partial charge in [-0.25, -0.2) is 14.3 Å². The summed E-state index contributed by atoms with van der Waals surface area (Å²) in [7, 11) is 0. The Kier molecular flexibility index (Phi) is 2.70. The van der Waals surface area contributed by atoms with E-state index in [0.717, 1.165) is 18.9 Å². The number of anilines is 1. The van der Waals surface area contributed by atoms with Crippen molar-refractivity contribution in [3.05, 3.63) is 22.4 Å². The van der Waals surface area contributed by atoms with E-state index in [2.05, 4.69) is 30.9 Å². The van der Waals surface area contributed by atoms with Crippen molar-refractivity contribution in [3.8, 4) is 0 Å². The molecule has 1 saturated heterocycles. The van der Waals surface area contributed by atoms with Gasteiger partial charge >= 0.3 is 5.97 Å². The van der Waals surface area contributed by atoms with Crippen LogP contribution in [0.15, 0.2) is 16.7 Å². The first-order valence-electron chi connectivity index (χ1n) is 5.70. The average molecular weight is 311 g/mol. The summed E-state index contributed by atoms with van der Waals surface area (Å²) in [5, 5.41) is 13.4. The smallest absolute Gasteiger partial charge is 0.357 e. The highest BCUT2D eigenvalue weighted by molar-refractivity contribution is 9.10. The maximum Gasteiger partial charge on any atom is 0.357 e. The van der Waals surface area contributed by atoms with Gasteiger partial charge in [-0.3, -0.25) is 0 Å². The zero-order valence-electron chi connectivity index (χ0n) is 9.51. The van der Waals surface area contributed by atoms with Gasteiger partial charge in [0.1, 0.15) is 10.4 Å². The van der Waals surface area contributed by atoms with E-state index in [-0.39, 0.29) is 5.69 Å². The minimum absolute atomic E-state index is 0.0129. The van der Waals surface area contributed by atoms with Gasteiger partial charge < -0.3 is 10.0 Å². The van der Waals surface area contributed by atoms with Crippen molar-refractivity contribution >= 4 is 33.4 Å². The van der Waals surface area contributed by atoms with Crippen molar-refractivity contribution in [3.63, 3.8) is 0 Å². The predicted molar refractivity (Wildman–Crippen MR) is 69.1 cm³/mol. The molecule has 1 N–H and O–H groups in total. The van der Waals surface area contributed by atoms with Gasteiger partial charge in [-0.15, -0.1) is 5.10 Å². The Morgan fingerprint density at radius 3 is 2.72 bits per heavy atom. The number of carboxylic acid groups (broad SMARTS) is 1. The van der Waals surface area contributed by atoms with Gasteiger partial charge in [0.05, 0.1) is 0 Å². The van der Waals surface area contributed by atoms with Crippen LogP contribution in [-0.2, 0) is 0 Å². The van der Waals surface area contributed by atoms with Crippen LogP contribution in [0.1, 0.15) is 23.3 Å². The van der Waals surface area contributed by atoms with Crippen molar-refractivity contribution in [2.75, 3.05) is 18.0 Å². The zero-order chi connectivity index (χ0) is 12.7. The lowest BCUT2D eigenvalue weighted by Gasteiger charge is -2.15. The number of hydrogen-bond donors (Lipinski definition) is 1. The zero-order valence-corrected chi connectivity index (χ0v) is 11.1. The van der Waals surface area contributed by atoms with E-state index < -0.39 is 5.97 Å². The van der Waals surface area contributed by atoms with Gasteiger partial charge in [-0.1, -0.05) is 0 Å². The van der Waals surface area contributed by atoms with Crippen LogP contribution in [0.2, 0.25) is 0 Å². The molecular weight excluding hydrogens is 300 g/mol. The molecule has 0 atom stereocenters. The number of fused-ring (bicyclic) bond motifs is 1. The van der Waals surface area contributed by atoms with Gasteiger partial charge in [0, 0.05) is 13.1 Å². The fourth-order valence-corrected chi connectivity index (χ4v) is 2.67. The average Bonchev–Trinajstić information content (AvgIpc) is 2.97. The Morgan fingerprint density at radius 2 is 2.06 bits per heavy atom. The third kappa shape index (κ3) is 1.74. The van der Waals surface area contributed by atoms with Crippen LogP contribution < -0.4 is 4.90 Å². The molecule has 3 rings (SSSR count). The molecule has 0 bridgehead atoms. The molecule has 0 unspecified atom stereocenters. The number of aromatic carboxylic acids is 1. The summed E-state index contributed by atoms with van der Waals surface area (Å²) >= 11 is 3.23. The van der Waals surface area contributed by atoms with Crippen LogP contribution >= 0.6 is 15.9 Å². The summed E-state index contributed by atoms with van der Waals surface area (Å²) in [6, 6.07) is 3.67. The molecule has 0 radical (unpaired) electrons. The highest BCUT2D eigenvalue weighted by Crippen LogP contribution is 2.22. The maximum absolute atomic E-state index is 11.0. The Labute approximate surface area is 111 Å². The summed E-state index contributed by atoms with van der Waals surface area (Å²) in [5.41, 5.74) is 0.517. The second-order valence-electron chi connectivity index (χ2n) is 4.21. The molecule has 0 saturated carbocycles. The second kappa shape index (κ2) is 4.24. The van der Waals surface area contributed by atoms with Crippen molar-refractivity contribution < 1.29 is 9.90 Å². The summed E-state index contributed by atoms with van der Waals surface area (Å²) < 4.78 is 1.91. The van der Waals surface area contributed by atoms with Gasteiger partial charge in [0.15, 0.2) is 11.3 Å². The highest BCUT2D eigenvalue weighted by Gasteiger charge is 2.19. The Bertz CT molecular complexity index is 619. The first-order chi connectivity index (χ1) is 8.66. The summed E-state index contributed by atoms with van der Waals surface area (Å²) in [6.07, 6.45) is 2.34. The lowest BCUT2D eigenvalue weighted by Crippen LogP contribution is -2.19. The topological polar surface area (TPSA) is 70.7 Å². The third-order valence-corrected chi connectivity index (χ3v) is 3.75. The number of carbonyl (C=O) groups is 1. The summed E-state index contributed by atoms with van der Waals surface area (Å²) in [4.78, 5) is 17.2. The lowest BCUT2D eigenvalue weighted by molar-refractivity contribution is 0.0690. The molecule has 1 aliphatic rings. The molecule has 3 heterocycles. The van der Waals surface area contributed by atoms with Crippen LogP contribution in [0, 0.1) is 0 Å². The van der Waals surface area contributed by atoms with Crippen LogP contribution in [0.3, 0.4) is 0 Å². The molecule has 1 aliphatic heterocycles. The van der Waals surface area contributed by atoms with Crippen molar-refractivity contribution in [1.82, 2.24) is 14.6 Å². The maximum atomic E-state index is 11.0. The Morgan fingerprint density at radius 1 is 1.33 bits per heavy atom. The molecule has 2 aromatic rings. The molecular formula is C11H11BrN4O2. The molecule has 0 aliphatic carbocycles. The van der Waals surface area contributed by atoms with Crippen LogP contribution in [-0.4, -0.2) is 38.8 Å². The van der Waals surface area contributed by atoms with Crippen molar-refractivity contribution in [1.29, 1.82) is 0 Å². The van der Waals surface area contributed by atoms with Gasteiger partial charge in [0.25, 0.3) is 0 Å². The minimum Gasteiger partial charge on any atom is -0.476 e. The molecule has 18 heavy (non-hydrogen) atoms. The van der Waals surface area contributed by atoms with Gasteiger partial charge in [0.2, 0.25) is 0 Å². The second-order valence-corrected chi connectivity index (χ2v) is 4.96. The highest BCUT2D eigenvalue weighted by atomic mass is 79.9. The number of nitrogens with zero attached hydrogens (tertiary/aromatic N) is 4. The molecule has 0 amide bonds. The fraction of sp³-hybridized carbons (Fsp3) is 0.364. The first-order valence-corrected chi connectivity index (χ1v) is 6.49. The molecule has 7 heteroatoms.